The minimum atomic E-state index is -0.680. The zero-order chi connectivity index (χ0) is 13.4. The van der Waals surface area contributed by atoms with Gasteiger partial charge in [-0.1, -0.05) is 11.6 Å². The van der Waals surface area contributed by atoms with E-state index in [0.717, 1.165) is 42.7 Å². The molecule has 0 bridgehead atoms. The predicted molar refractivity (Wildman–Crippen MR) is 69.4 cm³/mol. The Bertz CT molecular complexity index is 588. The Kier molecular flexibility index (Phi) is 3.19. The molecule has 0 aliphatic heterocycles. The molecule has 2 aromatic rings. The first-order valence-electron chi connectivity index (χ1n) is 6.12. The predicted octanol–water partition coefficient (Wildman–Crippen LogP) is 4.70. The van der Waals surface area contributed by atoms with Gasteiger partial charge in [-0.05, 0) is 25.0 Å². The molecule has 2 nitrogen and oxygen atoms in total. The molecule has 1 N–H and O–H groups in total. The number of hydrogen-bond acceptors (Lipinski definition) is 2. The number of aryl methyl sites for hydroxylation is 1. The van der Waals surface area contributed by atoms with Crippen LogP contribution in [0.2, 0.25) is 5.02 Å². The summed E-state index contributed by atoms with van der Waals surface area (Å²) >= 11 is 5.89. The van der Waals surface area contributed by atoms with Crippen molar-refractivity contribution >= 4 is 17.3 Å². The lowest BCUT2D eigenvalue weighted by atomic mass is 9.93. The van der Waals surface area contributed by atoms with E-state index in [2.05, 4.69) is 5.32 Å². The molecule has 1 aromatic heterocycles. The molecule has 5 heteroatoms. The van der Waals surface area contributed by atoms with E-state index in [1.165, 1.54) is 0 Å². The van der Waals surface area contributed by atoms with Crippen LogP contribution in [0, 0.1) is 11.6 Å². The average molecular weight is 284 g/mol. The van der Waals surface area contributed by atoms with E-state index in [1.807, 2.05) is 6.07 Å². The Balaban J connectivity index is 1.92. The zero-order valence-corrected chi connectivity index (χ0v) is 10.8. The largest absolute Gasteiger partial charge is 0.469 e. The van der Waals surface area contributed by atoms with E-state index < -0.39 is 11.6 Å². The minimum Gasteiger partial charge on any atom is -0.469 e. The van der Waals surface area contributed by atoms with Crippen LogP contribution in [-0.2, 0) is 6.42 Å². The third kappa shape index (κ3) is 2.32. The number of furan rings is 1. The quantitative estimate of drug-likeness (QED) is 0.864. The summed E-state index contributed by atoms with van der Waals surface area (Å²) in [6.45, 7) is 0. The number of halogens is 3. The normalized spacial score (nSPS) is 18.2. The second-order valence-electron chi connectivity index (χ2n) is 4.63. The number of fused-ring (bicyclic) bond motifs is 1. The molecule has 0 fully saturated rings. The number of anilines is 1. The fourth-order valence-corrected chi connectivity index (χ4v) is 2.74. The van der Waals surface area contributed by atoms with E-state index in [1.54, 1.807) is 6.26 Å². The molecule has 1 atom stereocenters. The molecule has 0 radical (unpaired) electrons. The maximum atomic E-state index is 13.8. The van der Waals surface area contributed by atoms with Crippen molar-refractivity contribution in [3.05, 3.63) is 52.4 Å². The number of rotatable bonds is 2. The van der Waals surface area contributed by atoms with E-state index >= 15 is 0 Å². The van der Waals surface area contributed by atoms with Gasteiger partial charge < -0.3 is 9.73 Å². The number of nitrogens with one attached hydrogen (secondary N) is 1. The lowest BCUT2D eigenvalue weighted by Crippen LogP contribution is -2.17. The molecule has 100 valence electrons. The summed E-state index contributed by atoms with van der Waals surface area (Å²) in [4.78, 5) is 0. The fourth-order valence-electron chi connectivity index (χ4n) is 2.49. The van der Waals surface area contributed by atoms with Gasteiger partial charge in [0.1, 0.15) is 11.6 Å². The first-order chi connectivity index (χ1) is 9.15. The highest BCUT2D eigenvalue weighted by Gasteiger charge is 2.24. The van der Waals surface area contributed by atoms with Crippen LogP contribution in [0.5, 0.6) is 0 Å². The van der Waals surface area contributed by atoms with Crippen molar-refractivity contribution < 1.29 is 13.2 Å². The summed E-state index contributed by atoms with van der Waals surface area (Å²) in [5, 5.41) is 3.10. The first-order valence-corrected chi connectivity index (χ1v) is 6.50. The Morgan fingerprint density at radius 2 is 2.16 bits per heavy atom. The zero-order valence-electron chi connectivity index (χ0n) is 10.1. The summed E-state index contributed by atoms with van der Waals surface area (Å²) in [6, 6.07) is 3.75. The van der Waals surface area contributed by atoms with Crippen molar-refractivity contribution in [2.45, 2.75) is 25.3 Å². The molecule has 1 heterocycles. The Morgan fingerprint density at radius 3 is 2.95 bits per heavy atom. The molecule has 19 heavy (non-hydrogen) atoms. The van der Waals surface area contributed by atoms with Gasteiger partial charge in [0.25, 0.3) is 0 Å². The van der Waals surface area contributed by atoms with E-state index in [4.69, 9.17) is 16.0 Å². The molecule has 0 saturated heterocycles. The van der Waals surface area contributed by atoms with Gasteiger partial charge >= 0.3 is 0 Å². The SMILES string of the molecule is Fc1cc(F)c(NC2CCCc3occc32)c(Cl)c1. The van der Waals surface area contributed by atoms with Crippen molar-refractivity contribution in [1.29, 1.82) is 0 Å². The van der Waals surface area contributed by atoms with Crippen LogP contribution in [0.1, 0.15) is 30.2 Å². The van der Waals surface area contributed by atoms with Crippen molar-refractivity contribution in [3.8, 4) is 0 Å². The Hall–Kier alpha value is -1.55. The molecule has 1 aliphatic rings. The molecule has 1 unspecified atom stereocenters. The van der Waals surface area contributed by atoms with Crippen molar-refractivity contribution in [2.24, 2.45) is 0 Å². The molecular formula is C14H12ClF2NO. The fraction of sp³-hybridized carbons (Fsp3) is 0.286. The summed E-state index contributed by atoms with van der Waals surface area (Å²) < 4.78 is 32.1. The summed E-state index contributed by atoms with van der Waals surface area (Å²) in [7, 11) is 0. The Morgan fingerprint density at radius 1 is 1.32 bits per heavy atom. The van der Waals surface area contributed by atoms with Gasteiger partial charge in [-0.2, -0.15) is 0 Å². The van der Waals surface area contributed by atoms with Crippen LogP contribution in [0.25, 0.3) is 0 Å². The maximum absolute atomic E-state index is 13.8. The van der Waals surface area contributed by atoms with Gasteiger partial charge in [0.15, 0.2) is 5.82 Å². The summed E-state index contributed by atoms with van der Waals surface area (Å²) in [6.07, 6.45) is 4.34. The minimum absolute atomic E-state index is 0.0492. The third-order valence-corrected chi connectivity index (χ3v) is 3.68. The average Bonchev–Trinajstić information content (AvgIpc) is 2.82. The van der Waals surface area contributed by atoms with E-state index in [9.17, 15) is 8.78 Å². The third-order valence-electron chi connectivity index (χ3n) is 3.38. The van der Waals surface area contributed by atoms with E-state index in [-0.39, 0.29) is 16.8 Å². The van der Waals surface area contributed by atoms with E-state index in [0.29, 0.717) is 0 Å². The Labute approximate surface area is 114 Å². The molecular weight excluding hydrogens is 272 g/mol. The van der Waals surface area contributed by atoms with Crippen LogP contribution in [0.3, 0.4) is 0 Å². The molecule has 0 saturated carbocycles. The molecule has 1 aliphatic carbocycles. The number of benzene rings is 1. The van der Waals surface area contributed by atoms with Gasteiger partial charge in [-0.3, -0.25) is 0 Å². The summed E-state index contributed by atoms with van der Waals surface area (Å²) in [5.41, 5.74) is 1.16. The van der Waals surface area contributed by atoms with Crippen molar-refractivity contribution in [1.82, 2.24) is 0 Å². The van der Waals surface area contributed by atoms with Gasteiger partial charge in [-0.25, -0.2) is 8.78 Å². The topological polar surface area (TPSA) is 25.2 Å². The van der Waals surface area contributed by atoms with Crippen molar-refractivity contribution in [3.63, 3.8) is 0 Å². The first kappa shape index (κ1) is 12.5. The van der Waals surface area contributed by atoms with Gasteiger partial charge in [0.05, 0.1) is 23.0 Å². The lowest BCUT2D eigenvalue weighted by molar-refractivity contribution is 0.460. The van der Waals surface area contributed by atoms with Crippen LogP contribution >= 0.6 is 11.6 Å². The molecule has 3 rings (SSSR count). The van der Waals surface area contributed by atoms with Gasteiger partial charge in [-0.15, -0.1) is 0 Å². The molecule has 0 amide bonds. The second-order valence-corrected chi connectivity index (χ2v) is 5.04. The summed E-state index contributed by atoms with van der Waals surface area (Å²) in [5.74, 6) is -0.441. The highest BCUT2D eigenvalue weighted by Crippen LogP contribution is 2.36. The van der Waals surface area contributed by atoms with Crippen LogP contribution in [0.15, 0.2) is 28.9 Å². The molecule has 0 spiro atoms. The second kappa shape index (κ2) is 4.85. The smallest absolute Gasteiger partial charge is 0.150 e. The standard InChI is InChI=1S/C14H12ClF2NO/c15-10-6-8(16)7-11(17)14(10)18-12-2-1-3-13-9(12)4-5-19-13/h4-7,12,18H,1-3H2. The highest BCUT2D eigenvalue weighted by molar-refractivity contribution is 6.33. The van der Waals surface area contributed by atoms with Crippen LogP contribution in [0.4, 0.5) is 14.5 Å². The maximum Gasteiger partial charge on any atom is 0.150 e. The molecule has 1 aromatic carbocycles. The van der Waals surface area contributed by atoms with Crippen LogP contribution in [-0.4, -0.2) is 0 Å². The highest BCUT2D eigenvalue weighted by atomic mass is 35.5. The number of hydrogen-bond donors (Lipinski definition) is 1. The van der Waals surface area contributed by atoms with Gasteiger partial charge in [0.2, 0.25) is 0 Å². The monoisotopic (exact) mass is 283 g/mol. The van der Waals surface area contributed by atoms with Gasteiger partial charge in [0, 0.05) is 18.1 Å². The lowest BCUT2D eigenvalue weighted by Gasteiger charge is -2.24. The van der Waals surface area contributed by atoms with Crippen molar-refractivity contribution in [2.75, 3.05) is 5.32 Å². The van der Waals surface area contributed by atoms with Crippen LogP contribution < -0.4 is 5.32 Å².